The SMILES string of the molecule is COc1ccc(S(=O)(=O)C(CNC(=O)c2ccccc2)c2ccccc2)cc1. The van der Waals surface area contributed by atoms with E-state index in [-0.39, 0.29) is 17.3 Å². The van der Waals surface area contributed by atoms with Crippen molar-refractivity contribution in [2.45, 2.75) is 10.1 Å². The minimum Gasteiger partial charge on any atom is -0.497 e. The van der Waals surface area contributed by atoms with Crippen molar-refractivity contribution in [2.75, 3.05) is 13.7 Å². The standard InChI is InChI=1S/C22H21NO4S/c1-27-19-12-14-20(15-13-19)28(25,26)21(17-8-4-2-5-9-17)16-23-22(24)18-10-6-3-7-11-18/h2-15,21H,16H2,1H3,(H,23,24). The summed E-state index contributed by atoms with van der Waals surface area (Å²) in [6.07, 6.45) is 0. The maximum atomic E-state index is 13.3. The molecule has 1 atom stereocenters. The molecule has 6 heteroatoms. The minimum absolute atomic E-state index is 0.0356. The van der Waals surface area contributed by atoms with Crippen LogP contribution in [0, 0.1) is 0 Å². The van der Waals surface area contributed by atoms with E-state index in [9.17, 15) is 13.2 Å². The van der Waals surface area contributed by atoms with Crippen LogP contribution in [0.5, 0.6) is 5.75 Å². The molecule has 28 heavy (non-hydrogen) atoms. The molecule has 0 bridgehead atoms. The van der Waals surface area contributed by atoms with E-state index in [4.69, 9.17) is 4.74 Å². The van der Waals surface area contributed by atoms with Crippen LogP contribution < -0.4 is 10.1 Å². The number of carbonyl (C=O) groups excluding carboxylic acids is 1. The highest BCUT2D eigenvalue weighted by atomic mass is 32.2. The molecular weight excluding hydrogens is 374 g/mol. The van der Waals surface area contributed by atoms with Crippen LogP contribution in [0.15, 0.2) is 89.8 Å². The van der Waals surface area contributed by atoms with Gasteiger partial charge in [0.15, 0.2) is 9.84 Å². The zero-order valence-electron chi connectivity index (χ0n) is 15.4. The molecule has 1 N–H and O–H groups in total. The van der Waals surface area contributed by atoms with Gasteiger partial charge in [-0.05, 0) is 42.0 Å². The largest absolute Gasteiger partial charge is 0.497 e. The van der Waals surface area contributed by atoms with Crippen molar-refractivity contribution in [2.24, 2.45) is 0 Å². The van der Waals surface area contributed by atoms with Crippen molar-refractivity contribution in [3.63, 3.8) is 0 Å². The number of amides is 1. The zero-order chi connectivity index (χ0) is 20.0. The lowest BCUT2D eigenvalue weighted by molar-refractivity contribution is 0.0953. The molecule has 3 aromatic carbocycles. The minimum atomic E-state index is -3.73. The Labute approximate surface area is 164 Å². The molecule has 5 nitrogen and oxygen atoms in total. The summed E-state index contributed by atoms with van der Waals surface area (Å²) in [5.41, 5.74) is 1.10. The summed E-state index contributed by atoms with van der Waals surface area (Å²) in [6.45, 7) is -0.0356. The first-order valence-corrected chi connectivity index (χ1v) is 10.3. The van der Waals surface area contributed by atoms with Crippen molar-refractivity contribution in [1.82, 2.24) is 5.32 Å². The highest BCUT2D eigenvalue weighted by Gasteiger charge is 2.29. The molecule has 0 heterocycles. The molecule has 0 spiro atoms. The summed E-state index contributed by atoms with van der Waals surface area (Å²) < 4.78 is 31.7. The van der Waals surface area contributed by atoms with Gasteiger partial charge in [0.25, 0.3) is 5.91 Å². The van der Waals surface area contributed by atoms with Gasteiger partial charge in [-0.25, -0.2) is 8.42 Å². The first kappa shape index (κ1) is 19.6. The molecule has 0 aliphatic heterocycles. The summed E-state index contributed by atoms with van der Waals surface area (Å²) in [4.78, 5) is 12.6. The average molecular weight is 395 g/mol. The molecule has 0 saturated carbocycles. The lowest BCUT2D eigenvalue weighted by Gasteiger charge is -2.19. The second kappa shape index (κ2) is 8.71. The van der Waals surface area contributed by atoms with Gasteiger partial charge in [-0.15, -0.1) is 0 Å². The van der Waals surface area contributed by atoms with E-state index in [1.54, 1.807) is 60.7 Å². The number of hydrogen-bond acceptors (Lipinski definition) is 4. The summed E-state index contributed by atoms with van der Waals surface area (Å²) in [6, 6.07) is 23.9. The van der Waals surface area contributed by atoms with Gasteiger partial charge in [-0.1, -0.05) is 48.5 Å². The Balaban J connectivity index is 1.89. The van der Waals surface area contributed by atoms with Gasteiger partial charge in [0.05, 0.1) is 12.0 Å². The second-order valence-corrected chi connectivity index (χ2v) is 8.33. The van der Waals surface area contributed by atoms with Crippen LogP contribution in [0.2, 0.25) is 0 Å². The Bertz CT molecular complexity index is 1020. The van der Waals surface area contributed by atoms with Crippen LogP contribution in [-0.4, -0.2) is 28.0 Å². The lowest BCUT2D eigenvalue weighted by Crippen LogP contribution is -2.32. The summed E-state index contributed by atoms with van der Waals surface area (Å²) in [5.74, 6) is 0.263. The summed E-state index contributed by atoms with van der Waals surface area (Å²) in [7, 11) is -2.20. The quantitative estimate of drug-likeness (QED) is 0.663. The predicted octanol–water partition coefficient (Wildman–Crippen LogP) is 3.64. The average Bonchev–Trinajstić information content (AvgIpc) is 2.75. The molecular formula is C22H21NO4S. The third-order valence-corrected chi connectivity index (χ3v) is 6.54. The number of rotatable bonds is 7. The Hall–Kier alpha value is -3.12. The van der Waals surface area contributed by atoms with Crippen LogP contribution in [0.4, 0.5) is 0 Å². The predicted molar refractivity (Wildman–Crippen MR) is 108 cm³/mol. The fourth-order valence-electron chi connectivity index (χ4n) is 2.88. The van der Waals surface area contributed by atoms with E-state index < -0.39 is 15.1 Å². The number of nitrogens with one attached hydrogen (secondary N) is 1. The smallest absolute Gasteiger partial charge is 0.251 e. The Morgan fingerprint density at radius 1 is 0.893 bits per heavy atom. The maximum Gasteiger partial charge on any atom is 0.251 e. The molecule has 3 rings (SSSR count). The lowest BCUT2D eigenvalue weighted by atomic mass is 10.1. The molecule has 0 saturated heterocycles. The monoisotopic (exact) mass is 395 g/mol. The van der Waals surface area contributed by atoms with Crippen LogP contribution in [0.3, 0.4) is 0 Å². The van der Waals surface area contributed by atoms with Crippen LogP contribution in [0.1, 0.15) is 21.2 Å². The fraction of sp³-hybridized carbons (Fsp3) is 0.136. The van der Waals surface area contributed by atoms with Crippen LogP contribution in [-0.2, 0) is 9.84 Å². The van der Waals surface area contributed by atoms with Crippen molar-refractivity contribution in [3.05, 3.63) is 96.1 Å². The van der Waals surface area contributed by atoms with Gasteiger partial charge in [0.1, 0.15) is 11.0 Å². The topological polar surface area (TPSA) is 72.5 Å². The molecule has 0 aliphatic rings. The number of benzene rings is 3. The molecule has 0 aromatic heterocycles. The number of methoxy groups -OCH3 is 1. The third kappa shape index (κ3) is 4.40. The van der Waals surface area contributed by atoms with E-state index in [2.05, 4.69) is 5.32 Å². The van der Waals surface area contributed by atoms with Crippen molar-refractivity contribution < 1.29 is 17.9 Å². The van der Waals surface area contributed by atoms with Gasteiger partial charge in [0, 0.05) is 12.1 Å². The Kier molecular flexibility index (Phi) is 6.11. The molecule has 1 amide bonds. The zero-order valence-corrected chi connectivity index (χ0v) is 16.2. The van der Waals surface area contributed by atoms with Gasteiger partial charge in [0.2, 0.25) is 0 Å². The van der Waals surface area contributed by atoms with Crippen molar-refractivity contribution in [1.29, 1.82) is 0 Å². The molecule has 144 valence electrons. The molecule has 0 fully saturated rings. The van der Waals surface area contributed by atoms with E-state index in [0.717, 1.165) is 0 Å². The summed E-state index contributed by atoms with van der Waals surface area (Å²) >= 11 is 0. The number of hydrogen-bond donors (Lipinski definition) is 1. The highest BCUT2D eigenvalue weighted by molar-refractivity contribution is 7.91. The molecule has 3 aromatic rings. The number of sulfone groups is 1. The van der Waals surface area contributed by atoms with E-state index in [1.165, 1.54) is 19.2 Å². The molecule has 1 unspecified atom stereocenters. The fourth-order valence-corrected chi connectivity index (χ4v) is 4.54. The van der Waals surface area contributed by atoms with Crippen LogP contribution >= 0.6 is 0 Å². The number of ether oxygens (including phenoxy) is 1. The van der Waals surface area contributed by atoms with Crippen LogP contribution in [0.25, 0.3) is 0 Å². The highest BCUT2D eigenvalue weighted by Crippen LogP contribution is 2.29. The van der Waals surface area contributed by atoms with Gasteiger partial charge >= 0.3 is 0 Å². The maximum absolute atomic E-state index is 13.3. The Morgan fingerprint density at radius 2 is 1.46 bits per heavy atom. The molecule has 0 aliphatic carbocycles. The van der Waals surface area contributed by atoms with E-state index in [0.29, 0.717) is 16.9 Å². The molecule has 0 radical (unpaired) electrons. The first-order valence-electron chi connectivity index (χ1n) is 8.78. The van der Waals surface area contributed by atoms with E-state index >= 15 is 0 Å². The van der Waals surface area contributed by atoms with Crippen molar-refractivity contribution in [3.8, 4) is 5.75 Å². The van der Waals surface area contributed by atoms with Crippen molar-refractivity contribution >= 4 is 15.7 Å². The Morgan fingerprint density at radius 3 is 2.04 bits per heavy atom. The van der Waals surface area contributed by atoms with E-state index in [1.807, 2.05) is 12.1 Å². The number of carbonyl (C=O) groups is 1. The summed E-state index contributed by atoms with van der Waals surface area (Å²) in [5, 5.41) is 1.85. The normalized spacial score (nSPS) is 12.2. The third-order valence-electron chi connectivity index (χ3n) is 4.42. The van der Waals surface area contributed by atoms with Gasteiger partial charge in [-0.3, -0.25) is 4.79 Å². The van der Waals surface area contributed by atoms with Gasteiger partial charge < -0.3 is 10.1 Å². The second-order valence-electron chi connectivity index (χ2n) is 6.20. The van der Waals surface area contributed by atoms with Gasteiger partial charge in [-0.2, -0.15) is 0 Å². The first-order chi connectivity index (χ1) is 13.5.